The first-order valence-corrected chi connectivity index (χ1v) is 11.9. The maximum atomic E-state index is 11.9. The van der Waals surface area contributed by atoms with Crippen molar-refractivity contribution in [3.8, 4) is 0 Å². The van der Waals surface area contributed by atoms with E-state index in [2.05, 4.69) is 15.6 Å². The van der Waals surface area contributed by atoms with Crippen LogP contribution in [0.2, 0.25) is 0 Å². The summed E-state index contributed by atoms with van der Waals surface area (Å²) in [5.74, 6) is 0.895. The van der Waals surface area contributed by atoms with E-state index < -0.39 is 10.0 Å². The molecule has 0 bridgehead atoms. The summed E-state index contributed by atoms with van der Waals surface area (Å²) in [5, 5.41) is 11.6. The summed E-state index contributed by atoms with van der Waals surface area (Å²) in [7, 11) is -3.67. The van der Waals surface area contributed by atoms with Crippen LogP contribution in [0.25, 0.3) is 0 Å². The molecule has 4 N–H and O–H groups in total. The van der Waals surface area contributed by atoms with Gasteiger partial charge in [-0.15, -0.1) is 24.0 Å². The second-order valence-corrected chi connectivity index (χ2v) is 8.94. The zero-order valence-corrected chi connectivity index (χ0v) is 21.2. The number of nitrogens with zero attached hydrogens (tertiary/aromatic N) is 2. The highest BCUT2D eigenvalue weighted by Crippen LogP contribution is 2.21. The number of aliphatic imine (C=N–C) groups is 1. The third kappa shape index (κ3) is 7.45. The van der Waals surface area contributed by atoms with Crippen LogP contribution in [0.5, 0.6) is 0 Å². The van der Waals surface area contributed by atoms with Gasteiger partial charge in [0, 0.05) is 31.7 Å². The van der Waals surface area contributed by atoms with E-state index in [1.165, 1.54) is 12.1 Å². The van der Waals surface area contributed by atoms with Gasteiger partial charge in [-0.05, 0) is 55.2 Å². The number of benzene rings is 2. The van der Waals surface area contributed by atoms with Gasteiger partial charge >= 0.3 is 0 Å². The van der Waals surface area contributed by atoms with Gasteiger partial charge in [0.25, 0.3) is 0 Å². The van der Waals surface area contributed by atoms with Crippen LogP contribution in [0.1, 0.15) is 30.9 Å². The Labute approximate surface area is 206 Å². The van der Waals surface area contributed by atoms with Crippen molar-refractivity contribution in [2.24, 2.45) is 10.1 Å². The van der Waals surface area contributed by atoms with Crippen molar-refractivity contribution in [3.05, 3.63) is 59.7 Å². The van der Waals surface area contributed by atoms with Crippen LogP contribution in [-0.4, -0.2) is 39.9 Å². The first-order chi connectivity index (χ1) is 14.9. The van der Waals surface area contributed by atoms with Crippen molar-refractivity contribution in [1.29, 1.82) is 0 Å². The molecule has 1 amide bonds. The molecule has 2 aromatic rings. The van der Waals surface area contributed by atoms with Crippen molar-refractivity contribution >= 4 is 51.6 Å². The van der Waals surface area contributed by atoms with Gasteiger partial charge in [0.15, 0.2) is 5.96 Å². The average molecular weight is 571 g/mol. The maximum absolute atomic E-state index is 11.9. The Balaban J connectivity index is 0.00000363. The molecule has 0 aromatic heterocycles. The van der Waals surface area contributed by atoms with Crippen LogP contribution >= 0.6 is 24.0 Å². The minimum Gasteiger partial charge on any atom is -0.357 e. The molecule has 1 aliphatic heterocycles. The topological polar surface area (TPSA) is 117 Å². The van der Waals surface area contributed by atoms with E-state index in [-0.39, 0.29) is 34.8 Å². The molecule has 3 rings (SSSR count). The number of carbonyl (C=O) groups excluding carboxylic acids is 1. The molecule has 8 nitrogen and oxygen atoms in total. The lowest BCUT2D eigenvalue weighted by Gasteiger charge is -2.16. The van der Waals surface area contributed by atoms with E-state index in [0.717, 1.165) is 36.3 Å². The highest BCUT2D eigenvalue weighted by molar-refractivity contribution is 14.0. The number of sulfonamides is 1. The molecule has 2 aromatic carbocycles. The van der Waals surface area contributed by atoms with Crippen LogP contribution in [0.15, 0.2) is 58.4 Å². The molecule has 0 unspecified atom stereocenters. The number of hydrogen-bond acceptors (Lipinski definition) is 4. The van der Waals surface area contributed by atoms with E-state index in [1.54, 1.807) is 12.1 Å². The Kier molecular flexibility index (Phi) is 9.91. The van der Waals surface area contributed by atoms with Gasteiger partial charge in [-0.2, -0.15) is 0 Å². The van der Waals surface area contributed by atoms with Crippen LogP contribution in [0, 0.1) is 0 Å². The number of anilines is 1. The van der Waals surface area contributed by atoms with E-state index in [4.69, 9.17) is 5.14 Å². The second kappa shape index (κ2) is 12.2. The standard InChI is InChI=1S/C22H29N5O3S.HI/c1-2-24-22(25-14-13-17-7-11-20(12-8-17)31(23,29)30)26-16-18-5-9-19(10-6-18)27-15-3-4-21(27)28;/h5-12H,2-4,13-16H2,1H3,(H2,23,29,30)(H2,24,25,26);1H. The van der Waals surface area contributed by atoms with Gasteiger partial charge < -0.3 is 15.5 Å². The SMILES string of the molecule is CCNC(=NCc1ccc(N2CCCC2=O)cc1)NCCc1ccc(S(N)(=O)=O)cc1.I. The normalized spacial score (nSPS) is 14.2. The molecule has 10 heteroatoms. The number of amides is 1. The Morgan fingerprint density at radius 3 is 2.28 bits per heavy atom. The lowest BCUT2D eigenvalue weighted by Crippen LogP contribution is -2.38. The maximum Gasteiger partial charge on any atom is 0.238 e. The van der Waals surface area contributed by atoms with Gasteiger partial charge in [0.05, 0.1) is 11.4 Å². The van der Waals surface area contributed by atoms with Crippen LogP contribution in [0.3, 0.4) is 0 Å². The molecule has 1 saturated heterocycles. The third-order valence-corrected chi connectivity index (χ3v) is 5.97. The zero-order chi connectivity index (χ0) is 22.3. The predicted molar refractivity (Wildman–Crippen MR) is 138 cm³/mol. The van der Waals surface area contributed by atoms with Gasteiger partial charge in [-0.1, -0.05) is 24.3 Å². The molecule has 1 aliphatic rings. The van der Waals surface area contributed by atoms with Gasteiger partial charge in [-0.25, -0.2) is 18.5 Å². The smallest absolute Gasteiger partial charge is 0.238 e. The number of nitrogens with one attached hydrogen (secondary N) is 2. The zero-order valence-electron chi connectivity index (χ0n) is 18.1. The van der Waals surface area contributed by atoms with Crippen LogP contribution in [-0.2, 0) is 27.8 Å². The van der Waals surface area contributed by atoms with Crippen LogP contribution < -0.4 is 20.7 Å². The van der Waals surface area contributed by atoms with Gasteiger partial charge in [-0.3, -0.25) is 4.79 Å². The minimum absolute atomic E-state index is 0. The van der Waals surface area contributed by atoms with Crippen LogP contribution in [0.4, 0.5) is 5.69 Å². The number of primary sulfonamides is 1. The number of guanidine groups is 1. The summed E-state index contributed by atoms with van der Waals surface area (Å²) < 4.78 is 22.7. The number of carbonyl (C=O) groups is 1. The molecular weight excluding hydrogens is 541 g/mol. The molecule has 1 fully saturated rings. The fraction of sp³-hybridized carbons (Fsp3) is 0.364. The molecule has 0 saturated carbocycles. The first-order valence-electron chi connectivity index (χ1n) is 10.4. The summed E-state index contributed by atoms with van der Waals surface area (Å²) in [6.45, 7) is 4.70. The molecule has 0 spiro atoms. The van der Waals surface area contributed by atoms with Crippen molar-refractivity contribution in [3.63, 3.8) is 0 Å². The summed E-state index contributed by atoms with van der Waals surface area (Å²) in [4.78, 5) is 18.4. The Morgan fingerprint density at radius 1 is 1.06 bits per heavy atom. The Hall–Kier alpha value is -2.18. The quantitative estimate of drug-likeness (QED) is 0.256. The van der Waals surface area contributed by atoms with Crippen molar-refractivity contribution in [1.82, 2.24) is 10.6 Å². The summed E-state index contributed by atoms with van der Waals surface area (Å²) in [6.07, 6.45) is 2.26. The van der Waals surface area contributed by atoms with Gasteiger partial charge in [0.1, 0.15) is 0 Å². The Bertz CT molecular complexity index is 1020. The number of hydrogen-bond donors (Lipinski definition) is 3. The minimum atomic E-state index is -3.67. The largest absolute Gasteiger partial charge is 0.357 e. The lowest BCUT2D eigenvalue weighted by atomic mass is 10.1. The molecule has 0 atom stereocenters. The molecule has 0 aliphatic carbocycles. The summed E-state index contributed by atoms with van der Waals surface area (Å²) in [6, 6.07) is 14.5. The number of rotatable bonds is 8. The lowest BCUT2D eigenvalue weighted by molar-refractivity contribution is -0.117. The van der Waals surface area contributed by atoms with E-state index in [9.17, 15) is 13.2 Å². The molecule has 32 heavy (non-hydrogen) atoms. The Morgan fingerprint density at radius 2 is 1.72 bits per heavy atom. The molecule has 0 radical (unpaired) electrons. The monoisotopic (exact) mass is 571 g/mol. The fourth-order valence-corrected chi connectivity index (χ4v) is 3.90. The first kappa shape index (κ1) is 26.1. The molecule has 174 valence electrons. The van der Waals surface area contributed by atoms with Gasteiger partial charge in [0.2, 0.25) is 15.9 Å². The van der Waals surface area contributed by atoms with E-state index in [1.807, 2.05) is 36.1 Å². The number of halogens is 1. The summed E-state index contributed by atoms with van der Waals surface area (Å²) in [5.41, 5.74) is 3.00. The predicted octanol–water partition coefficient (Wildman–Crippen LogP) is 2.38. The van der Waals surface area contributed by atoms with Crippen molar-refractivity contribution < 1.29 is 13.2 Å². The fourth-order valence-electron chi connectivity index (χ4n) is 3.39. The van der Waals surface area contributed by atoms with E-state index in [0.29, 0.717) is 31.9 Å². The van der Waals surface area contributed by atoms with Crippen molar-refractivity contribution in [2.45, 2.75) is 37.6 Å². The highest BCUT2D eigenvalue weighted by atomic mass is 127. The second-order valence-electron chi connectivity index (χ2n) is 7.38. The highest BCUT2D eigenvalue weighted by Gasteiger charge is 2.21. The number of nitrogens with two attached hydrogens (primary N) is 1. The average Bonchev–Trinajstić information content (AvgIpc) is 3.18. The van der Waals surface area contributed by atoms with Crippen molar-refractivity contribution in [2.75, 3.05) is 24.5 Å². The van der Waals surface area contributed by atoms with E-state index >= 15 is 0 Å². The third-order valence-electron chi connectivity index (χ3n) is 5.04. The molecular formula is C22H30IN5O3S. The molecule has 1 heterocycles. The summed E-state index contributed by atoms with van der Waals surface area (Å²) >= 11 is 0.